The molecule has 0 saturated heterocycles. The molecule has 0 radical (unpaired) electrons. The van der Waals surface area contributed by atoms with E-state index in [4.69, 9.17) is 9.84 Å². The number of ether oxygens (including phenoxy) is 1. The van der Waals surface area contributed by atoms with Gasteiger partial charge in [0.1, 0.15) is 5.75 Å². The van der Waals surface area contributed by atoms with Gasteiger partial charge in [-0.1, -0.05) is 24.3 Å². The number of hydrogen-bond acceptors (Lipinski definition) is 3. The van der Waals surface area contributed by atoms with Gasteiger partial charge in [0.15, 0.2) is 0 Å². The minimum absolute atomic E-state index is 0.0444. The Kier molecular flexibility index (Phi) is 3.26. The van der Waals surface area contributed by atoms with Crippen molar-refractivity contribution in [2.45, 2.75) is 24.7 Å². The third-order valence-electron chi connectivity index (χ3n) is 5.04. The molecule has 1 heterocycles. The molecule has 0 amide bonds. The lowest BCUT2D eigenvalue weighted by atomic mass is 9.70. The summed E-state index contributed by atoms with van der Waals surface area (Å²) in [5.74, 6) is -0.188. The lowest BCUT2D eigenvalue weighted by molar-refractivity contribution is 0.0697. The molecule has 0 fully saturated rings. The first-order chi connectivity index (χ1) is 11.2. The van der Waals surface area contributed by atoms with Gasteiger partial charge in [0.05, 0.1) is 17.9 Å². The lowest BCUT2D eigenvalue weighted by Crippen LogP contribution is -2.41. The maximum absolute atomic E-state index is 11.2. The highest BCUT2D eigenvalue weighted by molar-refractivity contribution is 5.89. The Hall–Kier alpha value is -2.49. The first kappa shape index (κ1) is 14.1. The van der Waals surface area contributed by atoms with Crippen LogP contribution in [0.1, 0.15) is 34.3 Å². The van der Waals surface area contributed by atoms with Crippen LogP contribution in [0.4, 0.5) is 5.69 Å². The maximum atomic E-state index is 11.2. The summed E-state index contributed by atoms with van der Waals surface area (Å²) in [5.41, 5.74) is 3.77. The molecule has 1 aliphatic carbocycles. The van der Waals surface area contributed by atoms with Crippen LogP contribution >= 0.6 is 0 Å². The van der Waals surface area contributed by atoms with E-state index in [2.05, 4.69) is 29.6 Å². The van der Waals surface area contributed by atoms with Gasteiger partial charge in [-0.05, 0) is 48.6 Å². The van der Waals surface area contributed by atoms with Crippen LogP contribution in [0.5, 0.6) is 5.75 Å². The van der Waals surface area contributed by atoms with Gasteiger partial charge in [0.2, 0.25) is 0 Å². The SMILES string of the molecule is O=C(O)c1ccc2c(c1)NCC1(CCCc3ccccc31)CO2. The van der Waals surface area contributed by atoms with Crippen molar-refractivity contribution in [3.63, 3.8) is 0 Å². The van der Waals surface area contributed by atoms with E-state index in [1.165, 1.54) is 11.1 Å². The smallest absolute Gasteiger partial charge is 0.335 e. The summed E-state index contributed by atoms with van der Waals surface area (Å²) in [5, 5.41) is 12.6. The van der Waals surface area contributed by atoms with Gasteiger partial charge in [-0.2, -0.15) is 0 Å². The molecule has 1 spiro atoms. The third-order valence-corrected chi connectivity index (χ3v) is 5.04. The van der Waals surface area contributed by atoms with Crippen LogP contribution in [-0.2, 0) is 11.8 Å². The Bertz CT molecular complexity index is 771. The molecule has 0 saturated carbocycles. The van der Waals surface area contributed by atoms with Gasteiger partial charge in [-0.3, -0.25) is 0 Å². The van der Waals surface area contributed by atoms with Gasteiger partial charge in [-0.25, -0.2) is 4.79 Å². The van der Waals surface area contributed by atoms with Crippen LogP contribution in [0, 0.1) is 0 Å². The van der Waals surface area contributed by atoms with Crippen molar-refractivity contribution in [2.75, 3.05) is 18.5 Å². The van der Waals surface area contributed by atoms with E-state index in [1.54, 1.807) is 18.2 Å². The number of carboxylic acid groups (broad SMARTS) is 1. The summed E-state index contributed by atoms with van der Waals surface area (Å²) in [4.78, 5) is 11.2. The van der Waals surface area contributed by atoms with Crippen molar-refractivity contribution in [3.8, 4) is 5.75 Å². The number of rotatable bonds is 1. The number of carbonyl (C=O) groups is 1. The highest BCUT2D eigenvalue weighted by atomic mass is 16.5. The number of fused-ring (bicyclic) bond motifs is 3. The minimum atomic E-state index is -0.920. The molecule has 2 aliphatic rings. The van der Waals surface area contributed by atoms with E-state index < -0.39 is 5.97 Å². The van der Waals surface area contributed by atoms with Crippen molar-refractivity contribution in [1.29, 1.82) is 0 Å². The molecule has 2 N–H and O–H groups in total. The highest BCUT2D eigenvalue weighted by Gasteiger charge is 2.39. The zero-order chi connectivity index (χ0) is 15.9. The van der Waals surface area contributed by atoms with E-state index in [0.29, 0.717) is 6.61 Å². The van der Waals surface area contributed by atoms with Crippen LogP contribution in [0.2, 0.25) is 0 Å². The molecule has 0 bridgehead atoms. The Morgan fingerprint density at radius 3 is 2.96 bits per heavy atom. The second kappa shape index (κ2) is 5.30. The molecule has 1 unspecified atom stereocenters. The number of aromatic carboxylic acids is 1. The number of carboxylic acids is 1. The lowest BCUT2D eigenvalue weighted by Gasteiger charge is -2.37. The standard InChI is InChI=1S/C19H19NO3/c21-18(22)14-7-8-17-16(10-14)20-11-19(12-23-17)9-3-5-13-4-1-2-6-15(13)19/h1-2,4,6-8,10,20H,3,5,9,11-12H2,(H,21,22). The molecule has 23 heavy (non-hydrogen) atoms. The zero-order valence-electron chi connectivity index (χ0n) is 12.8. The van der Waals surface area contributed by atoms with Gasteiger partial charge < -0.3 is 15.2 Å². The van der Waals surface area contributed by atoms with Crippen LogP contribution in [0.3, 0.4) is 0 Å². The fraction of sp³-hybridized carbons (Fsp3) is 0.316. The molecule has 2 aromatic carbocycles. The summed E-state index contributed by atoms with van der Waals surface area (Å²) >= 11 is 0. The molecule has 4 heteroatoms. The minimum Gasteiger partial charge on any atom is -0.490 e. The first-order valence-corrected chi connectivity index (χ1v) is 8.00. The van der Waals surface area contributed by atoms with E-state index in [1.807, 2.05) is 0 Å². The predicted octanol–water partition coefficient (Wildman–Crippen LogP) is 3.46. The summed E-state index contributed by atoms with van der Waals surface area (Å²) in [6.07, 6.45) is 3.35. The molecular formula is C19H19NO3. The molecule has 4 nitrogen and oxygen atoms in total. The van der Waals surface area contributed by atoms with Crippen molar-refractivity contribution in [3.05, 3.63) is 59.2 Å². The average molecular weight is 309 g/mol. The van der Waals surface area contributed by atoms with Gasteiger partial charge in [0, 0.05) is 12.0 Å². The van der Waals surface area contributed by atoms with Crippen molar-refractivity contribution in [1.82, 2.24) is 0 Å². The molecular weight excluding hydrogens is 290 g/mol. The van der Waals surface area contributed by atoms with Crippen LogP contribution in [-0.4, -0.2) is 24.2 Å². The van der Waals surface area contributed by atoms with Crippen LogP contribution in [0.15, 0.2) is 42.5 Å². The summed E-state index contributed by atoms with van der Waals surface area (Å²) < 4.78 is 6.08. The van der Waals surface area contributed by atoms with Crippen molar-refractivity contribution in [2.24, 2.45) is 0 Å². The van der Waals surface area contributed by atoms with E-state index >= 15 is 0 Å². The topological polar surface area (TPSA) is 58.6 Å². The molecule has 118 valence electrons. The van der Waals surface area contributed by atoms with Gasteiger partial charge in [-0.15, -0.1) is 0 Å². The monoisotopic (exact) mass is 309 g/mol. The average Bonchev–Trinajstić information content (AvgIpc) is 2.76. The van der Waals surface area contributed by atoms with Crippen molar-refractivity contribution >= 4 is 11.7 Å². The van der Waals surface area contributed by atoms with E-state index in [9.17, 15) is 4.79 Å². The van der Waals surface area contributed by atoms with Gasteiger partial charge >= 0.3 is 5.97 Å². The van der Waals surface area contributed by atoms with Crippen LogP contribution in [0.25, 0.3) is 0 Å². The Morgan fingerprint density at radius 1 is 1.22 bits per heavy atom. The second-order valence-electron chi connectivity index (χ2n) is 6.45. The largest absolute Gasteiger partial charge is 0.490 e. The quantitative estimate of drug-likeness (QED) is 0.847. The third kappa shape index (κ3) is 2.34. The number of nitrogens with one attached hydrogen (secondary N) is 1. The molecule has 4 rings (SSSR count). The molecule has 0 aromatic heterocycles. The number of anilines is 1. The maximum Gasteiger partial charge on any atom is 0.335 e. The molecule has 1 atom stereocenters. The molecule has 1 aliphatic heterocycles. The highest BCUT2D eigenvalue weighted by Crippen LogP contribution is 2.41. The second-order valence-corrected chi connectivity index (χ2v) is 6.45. The normalized spacial score (nSPS) is 22.3. The summed E-state index contributed by atoms with van der Waals surface area (Å²) in [6, 6.07) is 13.6. The number of benzene rings is 2. The zero-order valence-corrected chi connectivity index (χ0v) is 12.8. The van der Waals surface area contributed by atoms with E-state index in [-0.39, 0.29) is 11.0 Å². The van der Waals surface area contributed by atoms with Gasteiger partial charge in [0.25, 0.3) is 0 Å². The van der Waals surface area contributed by atoms with E-state index in [0.717, 1.165) is 37.2 Å². The summed E-state index contributed by atoms with van der Waals surface area (Å²) in [6.45, 7) is 1.39. The summed E-state index contributed by atoms with van der Waals surface area (Å²) in [7, 11) is 0. The fourth-order valence-electron chi connectivity index (χ4n) is 3.80. The molecule has 2 aromatic rings. The van der Waals surface area contributed by atoms with Crippen molar-refractivity contribution < 1.29 is 14.6 Å². The first-order valence-electron chi connectivity index (χ1n) is 8.00. The Labute approximate surface area is 135 Å². The fourth-order valence-corrected chi connectivity index (χ4v) is 3.80. The number of hydrogen-bond donors (Lipinski definition) is 2. The number of aryl methyl sites for hydroxylation is 1. The van der Waals surface area contributed by atoms with Crippen LogP contribution < -0.4 is 10.1 Å². The Balaban J connectivity index is 1.70. The Morgan fingerprint density at radius 2 is 2.09 bits per heavy atom. The predicted molar refractivity (Wildman–Crippen MR) is 88.4 cm³/mol.